The van der Waals surface area contributed by atoms with E-state index in [1.807, 2.05) is 0 Å². The summed E-state index contributed by atoms with van der Waals surface area (Å²) in [6, 6.07) is 24.8. The SMILES string of the molecule is CCCCCCc1cc(CCCCCC)cc([Si](C2=C(CCC)[C-]=CC2)(c2cc(CCCCCC)cc(CCCCCC)c2)c2cc(CCCCCC)cc(CCCCCC)c2)c1.[Cl-].[Cl-].[Cl-].[Ti+4]. The van der Waals surface area contributed by atoms with Gasteiger partial charge in [-0.25, -0.2) is 10.8 Å². The van der Waals surface area contributed by atoms with Gasteiger partial charge < -0.3 is 37.2 Å². The molecule has 0 atom stereocenters. The number of benzene rings is 3. The van der Waals surface area contributed by atoms with Gasteiger partial charge >= 0.3 is 21.7 Å². The van der Waals surface area contributed by atoms with Crippen LogP contribution in [-0.4, -0.2) is 8.07 Å². The normalized spacial score (nSPS) is 12.2. The Morgan fingerprint density at radius 1 is 0.328 bits per heavy atom. The molecular weight excluding hydrogens is 927 g/mol. The summed E-state index contributed by atoms with van der Waals surface area (Å²) in [4.78, 5) is 0. The molecule has 0 amide bonds. The van der Waals surface area contributed by atoms with E-state index in [-0.39, 0.29) is 58.9 Å². The molecule has 0 spiro atoms. The van der Waals surface area contributed by atoms with Gasteiger partial charge in [0.25, 0.3) is 0 Å². The van der Waals surface area contributed by atoms with E-state index < -0.39 is 8.07 Å². The number of aryl methyl sites for hydroxylation is 6. The molecule has 0 bridgehead atoms. The molecule has 0 heterocycles. The fourth-order valence-corrected chi connectivity index (χ4v) is 16.2. The molecule has 0 aliphatic heterocycles. The fourth-order valence-electron chi connectivity index (χ4n) is 10.7. The molecule has 67 heavy (non-hydrogen) atoms. The van der Waals surface area contributed by atoms with Crippen molar-refractivity contribution in [3.63, 3.8) is 0 Å². The summed E-state index contributed by atoms with van der Waals surface area (Å²) in [5.41, 5.74) is 11.1. The summed E-state index contributed by atoms with van der Waals surface area (Å²) in [6.45, 7) is 16.5. The number of hydrogen-bond acceptors (Lipinski definition) is 0. The predicted molar refractivity (Wildman–Crippen MR) is 285 cm³/mol. The van der Waals surface area contributed by atoms with E-state index in [0.29, 0.717) is 0 Å². The Kier molecular flexibility index (Phi) is 38.9. The summed E-state index contributed by atoms with van der Waals surface area (Å²) in [6.07, 6.45) is 48.6. The Bertz CT molecular complexity index is 1510. The Labute approximate surface area is 450 Å². The van der Waals surface area contributed by atoms with Crippen LogP contribution in [0, 0.1) is 6.08 Å². The molecular formula is C62H97Cl3SiTi. The Hall–Kier alpha value is -1.06. The molecule has 0 aromatic heterocycles. The number of unbranched alkanes of at least 4 members (excludes halogenated alkanes) is 18. The van der Waals surface area contributed by atoms with E-state index in [9.17, 15) is 0 Å². The van der Waals surface area contributed by atoms with Crippen LogP contribution in [0.25, 0.3) is 0 Å². The van der Waals surface area contributed by atoms with Crippen LogP contribution in [0.1, 0.15) is 255 Å². The van der Waals surface area contributed by atoms with Gasteiger partial charge in [-0.1, -0.05) is 253 Å². The molecule has 0 fully saturated rings. The number of halogens is 3. The van der Waals surface area contributed by atoms with E-state index >= 15 is 0 Å². The molecule has 0 radical (unpaired) electrons. The van der Waals surface area contributed by atoms with E-state index in [1.54, 1.807) is 54.1 Å². The summed E-state index contributed by atoms with van der Waals surface area (Å²) in [5.74, 6) is 0. The first-order valence-corrected chi connectivity index (χ1v) is 29.7. The second-order valence-electron chi connectivity index (χ2n) is 20.0. The standard InChI is InChI=1S/C62H97Si.3ClH.Ti/c1-8-15-21-27-35-52-43-53(36-28-22-16-9-2)47-59(46-52)63(62-42-33-41-58(62)34-14-7,60-48-54(37-29-23-17-10-3)44-55(49-60)38-30-24-18-11-4)61-50-56(39-31-25-19-12-5)45-57(51-61)40-32-26-20-13-6;;;;/h33,43-51H,8-32,34-40,42H2,1-7H3;3*1H;/q-1;;;;+4/p-3. The fraction of sp³-hybridized carbons (Fsp3) is 0.645. The van der Waals surface area contributed by atoms with Crippen LogP contribution in [0.3, 0.4) is 0 Å². The third kappa shape index (κ3) is 22.1. The van der Waals surface area contributed by atoms with Crippen molar-refractivity contribution >= 4 is 23.6 Å². The maximum absolute atomic E-state index is 3.99. The van der Waals surface area contributed by atoms with Crippen LogP contribution in [0.5, 0.6) is 0 Å². The van der Waals surface area contributed by atoms with E-state index in [0.717, 1.165) is 12.8 Å². The van der Waals surface area contributed by atoms with Gasteiger partial charge in [-0.05, 0) is 110 Å². The molecule has 0 unspecified atom stereocenters. The van der Waals surface area contributed by atoms with Crippen molar-refractivity contribution in [1.82, 2.24) is 0 Å². The minimum atomic E-state index is -2.82. The van der Waals surface area contributed by atoms with Gasteiger partial charge in [0.2, 0.25) is 0 Å². The molecule has 5 heteroatoms. The molecule has 0 nitrogen and oxygen atoms in total. The molecule has 1 aliphatic rings. The van der Waals surface area contributed by atoms with E-state index in [1.165, 1.54) is 205 Å². The van der Waals surface area contributed by atoms with Gasteiger partial charge in [-0.2, -0.15) is 6.08 Å². The summed E-state index contributed by atoms with van der Waals surface area (Å²) in [5, 5.41) is 6.80. The van der Waals surface area contributed by atoms with Crippen molar-refractivity contribution in [2.24, 2.45) is 0 Å². The summed E-state index contributed by atoms with van der Waals surface area (Å²) >= 11 is 0. The zero-order valence-electron chi connectivity index (χ0n) is 44.2. The largest absolute Gasteiger partial charge is 4.00 e. The van der Waals surface area contributed by atoms with Gasteiger partial charge in [-0.15, -0.1) is 0 Å². The topological polar surface area (TPSA) is 0 Å². The van der Waals surface area contributed by atoms with Gasteiger partial charge in [0.05, 0.1) is 8.07 Å². The molecule has 1 aliphatic carbocycles. The second-order valence-corrected chi connectivity index (χ2v) is 23.8. The molecule has 4 rings (SSSR count). The van der Waals surface area contributed by atoms with Gasteiger partial charge in [-0.3, -0.25) is 6.08 Å². The zero-order valence-corrected chi connectivity index (χ0v) is 49.1. The van der Waals surface area contributed by atoms with Crippen LogP contribution in [0.2, 0.25) is 0 Å². The smallest absolute Gasteiger partial charge is 1.00 e. The maximum Gasteiger partial charge on any atom is 4.00 e. The molecule has 0 saturated heterocycles. The third-order valence-corrected chi connectivity index (χ3v) is 19.1. The van der Waals surface area contributed by atoms with Crippen molar-refractivity contribution in [1.29, 1.82) is 0 Å². The average Bonchev–Trinajstić information content (AvgIpc) is 3.76. The van der Waals surface area contributed by atoms with Crippen LogP contribution in [-0.2, 0) is 60.2 Å². The Morgan fingerprint density at radius 2 is 0.582 bits per heavy atom. The van der Waals surface area contributed by atoms with Gasteiger partial charge in [0.15, 0.2) is 0 Å². The van der Waals surface area contributed by atoms with Crippen LogP contribution in [0.4, 0.5) is 0 Å². The van der Waals surface area contributed by atoms with Crippen molar-refractivity contribution in [2.75, 3.05) is 0 Å². The first kappa shape index (κ1) is 65.9. The van der Waals surface area contributed by atoms with Crippen molar-refractivity contribution in [3.05, 3.63) is 111 Å². The molecule has 0 N–H and O–H groups in total. The minimum Gasteiger partial charge on any atom is -1.00 e. The Morgan fingerprint density at radius 3 is 0.806 bits per heavy atom. The minimum absolute atomic E-state index is 0. The third-order valence-electron chi connectivity index (χ3n) is 14.3. The number of allylic oxidation sites excluding steroid dienone is 4. The first-order chi connectivity index (χ1) is 31.0. The zero-order chi connectivity index (χ0) is 45.0. The Balaban J connectivity index is 0.0000109. The molecule has 3 aromatic carbocycles. The van der Waals surface area contributed by atoms with Crippen LogP contribution >= 0.6 is 0 Å². The quantitative estimate of drug-likeness (QED) is 0.0238. The first-order valence-electron chi connectivity index (χ1n) is 27.7. The van der Waals surface area contributed by atoms with Crippen molar-refractivity contribution in [2.45, 2.75) is 260 Å². The summed E-state index contributed by atoms with van der Waals surface area (Å²) < 4.78 is 0. The van der Waals surface area contributed by atoms with Crippen molar-refractivity contribution in [3.8, 4) is 0 Å². The second kappa shape index (κ2) is 39.5. The maximum atomic E-state index is 3.99. The molecule has 3 aromatic rings. The molecule has 374 valence electrons. The van der Waals surface area contributed by atoms with E-state index in [2.05, 4.69) is 115 Å². The van der Waals surface area contributed by atoms with Crippen LogP contribution in [0.15, 0.2) is 71.4 Å². The van der Waals surface area contributed by atoms with Gasteiger partial charge in [0.1, 0.15) is 0 Å². The summed E-state index contributed by atoms with van der Waals surface area (Å²) in [7, 11) is -2.82. The van der Waals surface area contributed by atoms with E-state index in [4.69, 9.17) is 0 Å². The monoisotopic (exact) mass is 1020 g/mol. The van der Waals surface area contributed by atoms with Crippen molar-refractivity contribution < 1.29 is 58.9 Å². The van der Waals surface area contributed by atoms with Gasteiger partial charge in [0, 0.05) is 0 Å². The van der Waals surface area contributed by atoms with Crippen LogP contribution < -0.4 is 52.8 Å². The average molecular weight is 1020 g/mol. The predicted octanol–water partition coefficient (Wildman–Crippen LogP) is 8.30. The molecule has 0 saturated carbocycles. The number of rotatable bonds is 36. The number of hydrogen-bond donors (Lipinski definition) is 0.